The second kappa shape index (κ2) is 6.93. The Bertz CT molecular complexity index is 710. The van der Waals surface area contributed by atoms with Crippen LogP contribution in [0.15, 0.2) is 16.5 Å². The highest BCUT2D eigenvalue weighted by molar-refractivity contribution is 5.91. The van der Waals surface area contributed by atoms with Crippen molar-refractivity contribution in [3.63, 3.8) is 0 Å². The summed E-state index contributed by atoms with van der Waals surface area (Å²) in [4.78, 5) is 26.1. The summed E-state index contributed by atoms with van der Waals surface area (Å²) in [5.41, 5.74) is -1.33. The standard InChI is InChI=1S/C19H26N2O4/c1-18(2,3)21-12-13(10-16(21)22)11-20-17(23)15-7-6-14(25-15)8-9-19(4,5)24/h6-7,13,24H,10-12H2,1-5H3,(H,20,23). The van der Waals surface area contributed by atoms with E-state index in [9.17, 15) is 14.7 Å². The molecule has 0 spiro atoms. The minimum absolute atomic E-state index is 0.0973. The highest BCUT2D eigenvalue weighted by Gasteiger charge is 2.36. The Kier molecular flexibility index (Phi) is 5.28. The number of aliphatic hydroxyl groups is 1. The zero-order valence-electron chi connectivity index (χ0n) is 15.5. The fraction of sp³-hybridized carbons (Fsp3) is 0.579. The molecule has 1 atom stereocenters. The van der Waals surface area contributed by atoms with E-state index in [1.165, 1.54) is 0 Å². The Morgan fingerprint density at radius 1 is 1.36 bits per heavy atom. The van der Waals surface area contributed by atoms with Gasteiger partial charge >= 0.3 is 0 Å². The molecule has 1 aromatic rings. The zero-order valence-corrected chi connectivity index (χ0v) is 15.5. The largest absolute Gasteiger partial charge is 0.443 e. The number of nitrogens with one attached hydrogen (secondary N) is 1. The van der Waals surface area contributed by atoms with Crippen LogP contribution in [0.25, 0.3) is 0 Å². The predicted molar refractivity (Wildman–Crippen MR) is 93.8 cm³/mol. The van der Waals surface area contributed by atoms with Crippen LogP contribution in [-0.2, 0) is 4.79 Å². The number of likely N-dealkylation sites (tertiary alicyclic amines) is 1. The molecule has 1 aliphatic heterocycles. The van der Waals surface area contributed by atoms with Crippen LogP contribution >= 0.6 is 0 Å². The zero-order chi connectivity index (χ0) is 18.8. The van der Waals surface area contributed by atoms with Crippen LogP contribution in [0, 0.1) is 17.8 Å². The maximum absolute atomic E-state index is 12.2. The number of carbonyl (C=O) groups excluding carboxylic acids is 2. The molecule has 0 bridgehead atoms. The summed E-state index contributed by atoms with van der Waals surface area (Å²) >= 11 is 0. The van der Waals surface area contributed by atoms with Crippen LogP contribution in [0.2, 0.25) is 0 Å². The minimum Gasteiger partial charge on any atom is -0.443 e. The second-order valence-corrected chi connectivity index (χ2v) is 7.93. The molecule has 0 aromatic carbocycles. The van der Waals surface area contributed by atoms with E-state index >= 15 is 0 Å². The van der Waals surface area contributed by atoms with Gasteiger partial charge < -0.3 is 19.7 Å². The normalized spacial score (nSPS) is 18.1. The molecular formula is C19H26N2O4. The average Bonchev–Trinajstić information content (AvgIpc) is 3.08. The molecule has 6 nitrogen and oxygen atoms in total. The van der Waals surface area contributed by atoms with Crippen LogP contribution in [0.4, 0.5) is 0 Å². The van der Waals surface area contributed by atoms with E-state index in [0.29, 0.717) is 25.3 Å². The molecule has 0 aliphatic carbocycles. The van der Waals surface area contributed by atoms with Crippen LogP contribution in [0.1, 0.15) is 57.4 Å². The van der Waals surface area contributed by atoms with Gasteiger partial charge in [0.15, 0.2) is 11.5 Å². The van der Waals surface area contributed by atoms with Crippen LogP contribution in [0.3, 0.4) is 0 Å². The summed E-state index contributed by atoms with van der Waals surface area (Å²) < 4.78 is 5.38. The first-order valence-corrected chi connectivity index (χ1v) is 8.40. The Morgan fingerprint density at radius 2 is 2.04 bits per heavy atom. The van der Waals surface area contributed by atoms with Crippen molar-refractivity contribution in [1.82, 2.24) is 10.2 Å². The molecule has 1 saturated heterocycles. The summed E-state index contributed by atoms with van der Waals surface area (Å²) in [5, 5.41) is 12.4. The quantitative estimate of drug-likeness (QED) is 0.817. The number of furan rings is 1. The molecule has 1 fully saturated rings. The molecule has 6 heteroatoms. The molecule has 2 rings (SSSR count). The van der Waals surface area contributed by atoms with Crippen molar-refractivity contribution in [2.24, 2.45) is 5.92 Å². The number of nitrogens with zero attached hydrogens (tertiary/aromatic N) is 1. The first-order chi connectivity index (χ1) is 11.5. The number of hydrogen-bond acceptors (Lipinski definition) is 4. The lowest BCUT2D eigenvalue weighted by molar-refractivity contribution is -0.131. The summed E-state index contributed by atoms with van der Waals surface area (Å²) in [6.07, 6.45) is 0.442. The fourth-order valence-electron chi connectivity index (χ4n) is 2.63. The summed E-state index contributed by atoms with van der Waals surface area (Å²) in [7, 11) is 0. The lowest BCUT2D eigenvalue weighted by atomic mass is 10.1. The number of hydrogen-bond donors (Lipinski definition) is 2. The highest BCUT2D eigenvalue weighted by Crippen LogP contribution is 2.25. The van der Waals surface area contributed by atoms with E-state index in [0.717, 1.165) is 0 Å². The smallest absolute Gasteiger partial charge is 0.287 e. The Balaban J connectivity index is 1.90. The summed E-state index contributed by atoms with van der Waals surface area (Å²) in [6, 6.07) is 3.14. The van der Waals surface area contributed by atoms with E-state index in [-0.39, 0.29) is 29.0 Å². The van der Waals surface area contributed by atoms with Gasteiger partial charge in [-0.3, -0.25) is 9.59 Å². The van der Waals surface area contributed by atoms with Crippen molar-refractivity contribution < 1.29 is 19.1 Å². The third-order valence-electron chi connectivity index (χ3n) is 3.89. The van der Waals surface area contributed by atoms with Gasteiger partial charge in [-0.15, -0.1) is 0 Å². The predicted octanol–water partition coefficient (Wildman–Crippen LogP) is 1.78. The van der Waals surface area contributed by atoms with Gasteiger partial charge in [0, 0.05) is 31.0 Å². The Labute approximate surface area is 148 Å². The average molecular weight is 346 g/mol. The van der Waals surface area contributed by atoms with Gasteiger partial charge in [0.2, 0.25) is 5.91 Å². The maximum atomic E-state index is 12.2. The SMILES string of the molecule is CC(C)(O)C#Cc1ccc(C(=O)NCC2CC(=O)N(C(C)(C)C)C2)o1. The lowest BCUT2D eigenvalue weighted by Crippen LogP contribution is -2.42. The van der Waals surface area contributed by atoms with E-state index in [1.54, 1.807) is 26.0 Å². The molecule has 2 amide bonds. The monoisotopic (exact) mass is 346 g/mol. The highest BCUT2D eigenvalue weighted by atomic mass is 16.3. The van der Waals surface area contributed by atoms with Crippen LogP contribution in [0.5, 0.6) is 0 Å². The molecule has 2 N–H and O–H groups in total. The molecule has 1 aromatic heterocycles. The van der Waals surface area contributed by atoms with Gasteiger partial charge in [0.1, 0.15) is 5.60 Å². The lowest BCUT2D eigenvalue weighted by Gasteiger charge is -2.32. The topological polar surface area (TPSA) is 82.8 Å². The van der Waals surface area contributed by atoms with Crippen molar-refractivity contribution >= 4 is 11.8 Å². The van der Waals surface area contributed by atoms with E-state index < -0.39 is 5.60 Å². The van der Waals surface area contributed by atoms with Gasteiger partial charge in [-0.1, -0.05) is 5.92 Å². The minimum atomic E-state index is -1.12. The summed E-state index contributed by atoms with van der Waals surface area (Å²) in [6.45, 7) is 10.2. The molecular weight excluding hydrogens is 320 g/mol. The summed E-state index contributed by atoms with van der Waals surface area (Å²) in [5.74, 6) is 5.68. The number of amides is 2. The van der Waals surface area contributed by atoms with Gasteiger partial charge in [-0.25, -0.2) is 0 Å². The van der Waals surface area contributed by atoms with Crippen LogP contribution < -0.4 is 5.32 Å². The number of rotatable bonds is 3. The van der Waals surface area contributed by atoms with Crippen molar-refractivity contribution in [2.45, 2.75) is 52.2 Å². The molecule has 0 radical (unpaired) electrons. The molecule has 25 heavy (non-hydrogen) atoms. The van der Waals surface area contributed by atoms with Crippen molar-refractivity contribution in [3.05, 3.63) is 23.7 Å². The van der Waals surface area contributed by atoms with Gasteiger partial charge in [-0.2, -0.15) is 0 Å². The number of carbonyl (C=O) groups is 2. The Hall–Kier alpha value is -2.26. The van der Waals surface area contributed by atoms with Crippen molar-refractivity contribution in [1.29, 1.82) is 0 Å². The van der Waals surface area contributed by atoms with E-state index in [2.05, 4.69) is 17.2 Å². The molecule has 1 aliphatic rings. The van der Waals surface area contributed by atoms with Crippen LogP contribution in [-0.4, -0.2) is 46.1 Å². The fourth-order valence-corrected chi connectivity index (χ4v) is 2.63. The van der Waals surface area contributed by atoms with E-state index in [1.807, 2.05) is 25.7 Å². The van der Waals surface area contributed by atoms with Gasteiger partial charge in [0.25, 0.3) is 5.91 Å². The first-order valence-electron chi connectivity index (χ1n) is 8.40. The van der Waals surface area contributed by atoms with E-state index in [4.69, 9.17) is 4.42 Å². The third-order valence-corrected chi connectivity index (χ3v) is 3.89. The van der Waals surface area contributed by atoms with Gasteiger partial charge in [0.05, 0.1) is 0 Å². The molecule has 1 unspecified atom stereocenters. The molecule has 2 heterocycles. The second-order valence-electron chi connectivity index (χ2n) is 7.93. The Morgan fingerprint density at radius 3 is 2.60 bits per heavy atom. The van der Waals surface area contributed by atoms with Gasteiger partial charge in [-0.05, 0) is 52.7 Å². The molecule has 0 saturated carbocycles. The van der Waals surface area contributed by atoms with Crippen molar-refractivity contribution in [3.8, 4) is 11.8 Å². The third kappa shape index (κ3) is 5.36. The maximum Gasteiger partial charge on any atom is 0.287 e. The first kappa shape index (κ1) is 19.1. The molecule has 136 valence electrons. The van der Waals surface area contributed by atoms with Crippen molar-refractivity contribution in [2.75, 3.05) is 13.1 Å².